The van der Waals surface area contributed by atoms with Gasteiger partial charge in [0, 0.05) is 11.8 Å². The Bertz CT molecular complexity index is 1440. The van der Waals surface area contributed by atoms with Crippen molar-refractivity contribution in [3.63, 3.8) is 0 Å². The van der Waals surface area contributed by atoms with E-state index in [4.69, 9.17) is 4.74 Å². The molecule has 0 radical (unpaired) electrons. The summed E-state index contributed by atoms with van der Waals surface area (Å²) in [6.45, 7) is 11.4. The van der Waals surface area contributed by atoms with Crippen molar-refractivity contribution < 1.29 is 14.3 Å². The molecule has 38 heavy (non-hydrogen) atoms. The summed E-state index contributed by atoms with van der Waals surface area (Å²) < 4.78 is 5.44. The van der Waals surface area contributed by atoms with Crippen molar-refractivity contribution in [1.29, 1.82) is 0 Å². The number of ether oxygens (including phenoxy) is 1. The average Bonchev–Trinajstić information content (AvgIpc) is 2.84. The van der Waals surface area contributed by atoms with E-state index in [2.05, 4.69) is 22.4 Å². The van der Waals surface area contributed by atoms with Gasteiger partial charge in [0.25, 0.3) is 0 Å². The second-order valence-corrected chi connectivity index (χ2v) is 10.7. The third-order valence-corrected chi connectivity index (χ3v) is 6.34. The number of carbonyl (C=O) groups is 2. The van der Waals surface area contributed by atoms with Crippen molar-refractivity contribution in [1.82, 2.24) is 4.98 Å². The number of nitrogens with zero attached hydrogens (tertiary/aromatic N) is 1. The van der Waals surface area contributed by atoms with Crippen LogP contribution in [0.15, 0.2) is 91.1 Å². The minimum Gasteiger partial charge on any atom is -0.444 e. The number of ketones is 1. The van der Waals surface area contributed by atoms with Crippen LogP contribution in [0.5, 0.6) is 0 Å². The van der Waals surface area contributed by atoms with E-state index in [0.717, 1.165) is 27.8 Å². The van der Waals surface area contributed by atoms with Crippen LogP contribution >= 0.6 is 0 Å². The van der Waals surface area contributed by atoms with Crippen LogP contribution in [0.2, 0.25) is 0 Å². The Morgan fingerprint density at radius 1 is 0.711 bits per heavy atom. The highest BCUT2D eigenvalue weighted by Crippen LogP contribution is 2.43. The fraction of sp³-hybridized carbons (Fsp3) is 0.242. The quantitative estimate of drug-likeness (QED) is 0.274. The van der Waals surface area contributed by atoms with E-state index in [9.17, 15) is 9.59 Å². The minimum absolute atomic E-state index is 0.0631. The third kappa shape index (κ3) is 5.67. The lowest BCUT2D eigenvalue weighted by Gasteiger charge is -2.35. The van der Waals surface area contributed by atoms with Gasteiger partial charge >= 0.3 is 6.09 Å². The number of aryl methyl sites for hydroxylation is 3. The van der Waals surface area contributed by atoms with Gasteiger partial charge in [-0.15, -0.1) is 0 Å². The Morgan fingerprint density at radius 3 is 1.76 bits per heavy atom. The number of carbonyl (C=O) groups excluding carboxylic acids is 2. The van der Waals surface area contributed by atoms with Gasteiger partial charge in [-0.2, -0.15) is 0 Å². The van der Waals surface area contributed by atoms with Gasteiger partial charge < -0.3 is 4.74 Å². The molecule has 0 spiro atoms. The molecule has 3 aromatic carbocycles. The molecular weight excluding hydrogens is 472 g/mol. The van der Waals surface area contributed by atoms with E-state index in [-0.39, 0.29) is 5.78 Å². The molecule has 0 atom stereocenters. The van der Waals surface area contributed by atoms with Gasteiger partial charge in [0.2, 0.25) is 0 Å². The maximum Gasteiger partial charge on any atom is 0.413 e. The Balaban J connectivity index is 2.01. The molecule has 1 N–H and O–H groups in total. The molecule has 194 valence electrons. The normalized spacial score (nSPS) is 11.6. The summed E-state index contributed by atoms with van der Waals surface area (Å²) in [7, 11) is 0. The Morgan fingerprint density at radius 2 is 1.24 bits per heavy atom. The van der Waals surface area contributed by atoms with Gasteiger partial charge in [-0.1, -0.05) is 83.4 Å². The number of hydrogen-bond acceptors (Lipinski definition) is 4. The number of anilines is 1. The molecule has 0 saturated heterocycles. The molecule has 1 amide bonds. The number of benzene rings is 3. The van der Waals surface area contributed by atoms with Crippen molar-refractivity contribution in [3.05, 3.63) is 130 Å². The second kappa shape index (κ2) is 10.6. The lowest BCUT2D eigenvalue weighted by molar-refractivity contribution is 0.0635. The topological polar surface area (TPSA) is 68.3 Å². The SMILES string of the molecule is Cc1cccc(C(=O)C(c2cccc(C)c2)(c2cccc(C)c2)c2ccnc(NC(=O)OC(C)(C)C)c2)c1. The van der Waals surface area contributed by atoms with Crippen molar-refractivity contribution in [2.45, 2.75) is 52.6 Å². The molecule has 5 nitrogen and oxygen atoms in total. The molecule has 0 aliphatic rings. The summed E-state index contributed by atoms with van der Waals surface area (Å²) in [6.07, 6.45) is 1.01. The van der Waals surface area contributed by atoms with Crippen LogP contribution in [0, 0.1) is 20.8 Å². The number of nitrogens with one attached hydrogen (secondary N) is 1. The number of pyridine rings is 1. The Kier molecular flexibility index (Phi) is 7.49. The Labute approximate surface area is 224 Å². The minimum atomic E-state index is -1.20. The number of aromatic nitrogens is 1. The predicted octanol–water partition coefficient (Wildman–Crippen LogP) is 7.57. The van der Waals surface area contributed by atoms with Gasteiger partial charge in [-0.3, -0.25) is 10.1 Å². The number of amides is 1. The van der Waals surface area contributed by atoms with Crippen LogP contribution in [-0.4, -0.2) is 22.5 Å². The van der Waals surface area contributed by atoms with E-state index >= 15 is 0 Å². The van der Waals surface area contributed by atoms with Crippen LogP contribution in [0.1, 0.15) is 64.5 Å². The van der Waals surface area contributed by atoms with Crippen LogP contribution in [0.25, 0.3) is 0 Å². The summed E-state index contributed by atoms with van der Waals surface area (Å²) in [5, 5.41) is 2.74. The molecule has 0 unspecified atom stereocenters. The van der Waals surface area contributed by atoms with Crippen LogP contribution in [-0.2, 0) is 10.2 Å². The molecule has 0 aliphatic heterocycles. The molecule has 0 aliphatic carbocycles. The number of rotatable bonds is 6. The molecule has 5 heteroatoms. The van der Waals surface area contributed by atoms with Crippen molar-refractivity contribution in [3.8, 4) is 0 Å². The van der Waals surface area contributed by atoms with Crippen molar-refractivity contribution in [2.75, 3.05) is 5.32 Å². The van der Waals surface area contributed by atoms with Crippen LogP contribution in [0.4, 0.5) is 10.6 Å². The van der Waals surface area contributed by atoms with Gasteiger partial charge in [-0.25, -0.2) is 9.78 Å². The highest BCUT2D eigenvalue weighted by molar-refractivity contribution is 6.09. The maximum absolute atomic E-state index is 14.8. The van der Waals surface area contributed by atoms with Gasteiger partial charge in [0.15, 0.2) is 5.78 Å². The Hall–Kier alpha value is -4.25. The monoisotopic (exact) mass is 506 g/mol. The average molecular weight is 507 g/mol. The van der Waals surface area contributed by atoms with Crippen LogP contribution in [0.3, 0.4) is 0 Å². The zero-order valence-electron chi connectivity index (χ0n) is 22.8. The number of hydrogen-bond donors (Lipinski definition) is 1. The first-order chi connectivity index (χ1) is 18.0. The van der Waals surface area contributed by atoms with Gasteiger partial charge in [0.05, 0.1) is 0 Å². The molecular formula is C33H34N2O3. The van der Waals surface area contributed by atoms with E-state index in [1.165, 1.54) is 0 Å². The van der Waals surface area contributed by atoms with Crippen molar-refractivity contribution in [2.24, 2.45) is 0 Å². The lowest BCUT2D eigenvalue weighted by atomic mass is 9.65. The first kappa shape index (κ1) is 26.8. The van der Waals surface area contributed by atoms with E-state index in [1.807, 2.05) is 87.5 Å². The van der Waals surface area contributed by atoms with E-state index in [0.29, 0.717) is 16.9 Å². The van der Waals surface area contributed by atoms with Gasteiger partial charge in [-0.05, 0) is 76.4 Å². The molecule has 4 aromatic rings. The standard InChI is InChI=1S/C33H34N2O3/c1-22-10-7-13-25(18-22)30(36)33(26-14-8-11-23(2)19-26,27-15-9-12-24(3)20-27)28-16-17-34-29(21-28)35-31(37)38-32(4,5)6/h7-21H,1-6H3,(H,34,35,37). The van der Waals surface area contributed by atoms with E-state index < -0.39 is 17.1 Å². The third-order valence-electron chi connectivity index (χ3n) is 6.34. The molecule has 0 bridgehead atoms. The number of Topliss-reactive ketones (excluding diaryl/α,β-unsaturated/α-hetero) is 1. The zero-order chi connectivity index (χ0) is 27.5. The summed E-state index contributed by atoms with van der Waals surface area (Å²) in [6, 6.07) is 27.3. The summed E-state index contributed by atoms with van der Waals surface area (Å²) in [4.78, 5) is 31.8. The summed E-state index contributed by atoms with van der Waals surface area (Å²) in [5.74, 6) is 0.241. The van der Waals surface area contributed by atoms with Gasteiger partial charge in [0.1, 0.15) is 16.8 Å². The largest absolute Gasteiger partial charge is 0.444 e. The first-order valence-corrected chi connectivity index (χ1v) is 12.7. The highest BCUT2D eigenvalue weighted by atomic mass is 16.6. The second-order valence-electron chi connectivity index (χ2n) is 10.7. The van der Waals surface area contributed by atoms with E-state index in [1.54, 1.807) is 33.0 Å². The summed E-state index contributed by atoms with van der Waals surface area (Å²) >= 11 is 0. The van der Waals surface area contributed by atoms with Crippen LogP contribution < -0.4 is 5.32 Å². The predicted molar refractivity (Wildman–Crippen MR) is 152 cm³/mol. The molecule has 0 saturated carbocycles. The smallest absolute Gasteiger partial charge is 0.413 e. The lowest BCUT2D eigenvalue weighted by Crippen LogP contribution is -2.39. The maximum atomic E-state index is 14.8. The summed E-state index contributed by atoms with van der Waals surface area (Å²) in [5.41, 5.74) is 4.20. The molecule has 4 rings (SSSR count). The fourth-order valence-electron chi connectivity index (χ4n) is 4.79. The molecule has 0 fully saturated rings. The molecule has 1 aromatic heterocycles. The van der Waals surface area contributed by atoms with Crippen molar-refractivity contribution >= 4 is 17.7 Å². The zero-order valence-corrected chi connectivity index (χ0v) is 22.8. The first-order valence-electron chi connectivity index (χ1n) is 12.7. The molecule has 1 heterocycles. The highest BCUT2D eigenvalue weighted by Gasteiger charge is 2.44. The fourth-order valence-corrected chi connectivity index (χ4v) is 4.79.